The van der Waals surface area contributed by atoms with Crippen molar-refractivity contribution in [1.29, 1.82) is 0 Å². The summed E-state index contributed by atoms with van der Waals surface area (Å²) in [4.78, 5) is 22.0. The van der Waals surface area contributed by atoms with E-state index in [1.807, 2.05) is 13.8 Å². The predicted molar refractivity (Wildman–Crippen MR) is 74.7 cm³/mol. The van der Waals surface area contributed by atoms with Crippen molar-refractivity contribution in [2.75, 3.05) is 6.54 Å². The number of hydrogen-bond donors (Lipinski definition) is 0. The van der Waals surface area contributed by atoms with Crippen molar-refractivity contribution in [3.05, 3.63) is 21.8 Å². The Bertz CT molecular complexity index is 468. The third-order valence-corrected chi connectivity index (χ3v) is 4.57. The number of hydrogen-bond acceptors (Lipinski definition) is 4. The molecule has 0 heterocycles. The summed E-state index contributed by atoms with van der Waals surface area (Å²) in [6, 6.07) is 0. The van der Waals surface area contributed by atoms with Gasteiger partial charge in [0.1, 0.15) is 5.60 Å². The highest BCUT2D eigenvalue weighted by molar-refractivity contribution is 5.66. The smallest absolute Gasteiger partial charge is 0.303 e. The van der Waals surface area contributed by atoms with Crippen LogP contribution in [0.5, 0.6) is 0 Å². The van der Waals surface area contributed by atoms with Crippen LogP contribution in [-0.2, 0) is 9.53 Å². The van der Waals surface area contributed by atoms with Crippen molar-refractivity contribution in [2.45, 2.75) is 52.6 Å². The Morgan fingerprint density at radius 3 is 2.75 bits per heavy atom. The molecular weight excluding hydrogens is 258 g/mol. The van der Waals surface area contributed by atoms with Gasteiger partial charge < -0.3 is 4.74 Å². The molecule has 2 aliphatic rings. The monoisotopic (exact) mass is 281 g/mol. The summed E-state index contributed by atoms with van der Waals surface area (Å²) in [5, 5.41) is 11.1. The molecule has 0 unspecified atom stereocenters. The zero-order valence-corrected chi connectivity index (χ0v) is 12.6. The van der Waals surface area contributed by atoms with E-state index < -0.39 is 5.60 Å². The van der Waals surface area contributed by atoms with Gasteiger partial charge in [-0.15, -0.1) is 0 Å². The van der Waals surface area contributed by atoms with E-state index in [-0.39, 0.29) is 28.8 Å². The number of carbonyl (C=O) groups is 1. The van der Waals surface area contributed by atoms with Gasteiger partial charge >= 0.3 is 5.97 Å². The molecule has 0 bridgehead atoms. The maximum absolute atomic E-state index is 11.2. The molecule has 0 aliphatic heterocycles. The Labute approximate surface area is 119 Å². The van der Waals surface area contributed by atoms with Gasteiger partial charge in [-0.3, -0.25) is 14.9 Å². The van der Waals surface area contributed by atoms with E-state index in [1.165, 1.54) is 12.5 Å². The molecule has 0 aromatic heterocycles. The van der Waals surface area contributed by atoms with Crippen molar-refractivity contribution >= 4 is 5.97 Å². The molecule has 5 heteroatoms. The summed E-state index contributed by atoms with van der Waals surface area (Å²) in [5.74, 6) is 0.478. The second-order valence-electron chi connectivity index (χ2n) is 7.09. The SMILES string of the molecule is CC(=O)OC(C)(C)C[C@@]1(C[N+](=O)[O-])C[C@H]2CC(C)=C[C@H]21. The van der Waals surface area contributed by atoms with Gasteiger partial charge in [0.25, 0.3) is 0 Å². The topological polar surface area (TPSA) is 69.4 Å². The minimum atomic E-state index is -0.656. The lowest BCUT2D eigenvalue weighted by Crippen LogP contribution is -2.53. The van der Waals surface area contributed by atoms with Gasteiger partial charge in [0.2, 0.25) is 6.54 Å². The quantitative estimate of drug-likeness (QED) is 0.336. The van der Waals surface area contributed by atoms with Crippen LogP contribution >= 0.6 is 0 Å². The minimum Gasteiger partial charge on any atom is -0.460 e. The molecule has 2 rings (SSSR count). The summed E-state index contributed by atoms with van der Waals surface area (Å²) in [6.45, 7) is 7.12. The zero-order chi connectivity index (χ0) is 15.1. The van der Waals surface area contributed by atoms with Crippen LogP contribution in [0, 0.1) is 27.4 Å². The molecule has 3 atom stereocenters. The second kappa shape index (κ2) is 4.86. The lowest BCUT2D eigenvalue weighted by atomic mass is 9.52. The maximum Gasteiger partial charge on any atom is 0.303 e. The average molecular weight is 281 g/mol. The van der Waals surface area contributed by atoms with Crippen LogP contribution in [0.1, 0.15) is 47.0 Å². The second-order valence-corrected chi connectivity index (χ2v) is 7.09. The van der Waals surface area contributed by atoms with Gasteiger partial charge in [-0.1, -0.05) is 11.6 Å². The number of ether oxygens (including phenoxy) is 1. The lowest BCUT2D eigenvalue weighted by Gasteiger charge is -2.52. The number of rotatable bonds is 5. The third kappa shape index (κ3) is 2.86. The first-order valence-electron chi connectivity index (χ1n) is 7.12. The van der Waals surface area contributed by atoms with E-state index in [9.17, 15) is 14.9 Å². The summed E-state index contributed by atoms with van der Waals surface area (Å²) in [7, 11) is 0. The first-order valence-corrected chi connectivity index (χ1v) is 7.12. The first-order chi connectivity index (χ1) is 9.13. The van der Waals surface area contributed by atoms with Crippen molar-refractivity contribution in [3.63, 3.8) is 0 Å². The van der Waals surface area contributed by atoms with Crippen LogP contribution in [0.2, 0.25) is 0 Å². The molecule has 0 aromatic carbocycles. The van der Waals surface area contributed by atoms with Crippen LogP contribution in [0.3, 0.4) is 0 Å². The molecule has 20 heavy (non-hydrogen) atoms. The number of nitrogens with zero attached hydrogens (tertiary/aromatic N) is 1. The summed E-state index contributed by atoms with van der Waals surface area (Å²) >= 11 is 0. The molecule has 0 N–H and O–H groups in total. The maximum atomic E-state index is 11.2. The van der Waals surface area contributed by atoms with Crippen LogP contribution < -0.4 is 0 Å². The third-order valence-electron chi connectivity index (χ3n) is 4.57. The molecule has 112 valence electrons. The Hall–Kier alpha value is -1.39. The molecule has 1 fully saturated rings. The fraction of sp³-hybridized carbons (Fsp3) is 0.800. The molecule has 0 aromatic rings. The van der Waals surface area contributed by atoms with Gasteiger partial charge in [-0.25, -0.2) is 0 Å². The number of allylic oxidation sites excluding steroid dienone is 2. The fourth-order valence-corrected chi connectivity index (χ4v) is 4.37. The fourth-order valence-electron chi connectivity index (χ4n) is 4.37. The van der Waals surface area contributed by atoms with Crippen molar-refractivity contribution < 1.29 is 14.5 Å². The highest BCUT2D eigenvalue weighted by Gasteiger charge is 2.59. The van der Waals surface area contributed by atoms with E-state index in [0.717, 1.165) is 12.8 Å². The Kier molecular flexibility index (Phi) is 3.65. The zero-order valence-electron chi connectivity index (χ0n) is 12.6. The van der Waals surface area contributed by atoms with Crippen molar-refractivity contribution in [3.8, 4) is 0 Å². The standard InChI is InChI=1S/C15H23NO4/c1-10-5-12-7-15(9-16(18)19,13(12)6-10)8-14(3,4)20-11(2)17/h6,12-13H,5,7-9H2,1-4H3/t12-,13-,15-/m1/s1. The molecule has 0 radical (unpaired) electrons. The van der Waals surface area contributed by atoms with Crippen molar-refractivity contribution in [1.82, 2.24) is 0 Å². The lowest BCUT2D eigenvalue weighted by molar-refractivity contribution is -0.507. The molecule has 0 saturated heterocycles. The van der Waals surface area contributed by atoms with E-state index >= 15 is 0 Å². The van der Waals surface area contributed by atoms with Crippen LogP contribution in [-0.4, -0.2) is 23.0 Å². The van der Waals surface area contributed by atoms with Gasteiger partial charge in [-0.05, 0) is 51.9 Å². The largest absolute Gasteiger partial charge is 0.460 e. The number of carbonyl (C=O) groups excluding carboxylic acids is 1. The number of esters is 1. The summed E-state index contributed by atoms with van der Waals surface area (Å²) in [6.07, 6.45) is 4.66. The Balaban J connectivity index is 2.17. The highest BCUT2D eigenvalue weighted by Crippen LogP contribution is 2.61. The minimum absolute atomic E-state index is 0.0390. The average Bonchev–Trinajstić information content (AvgIpc) is 2.51. The van der Waals surface area contributed by atoms with E-state index in [4.69, 9.17) is 4.74 Å². The van der Waals surface area contributed by atoms with Gasteiger partial charge in [0.05, 0.1) is 0 Å². The molecule has 0 amide bonds. The van der Waals surface area contributed by atoms with Gasteiger partial charge in [0.15, 0.2) is 0 Å². The van der Waals surface area contributed by atoms with E-state index in [2.05, 4.69) is 13.0 Å². The van der Waals surface area contributed by atoms with Crippen molar-refractivity contribution in [2.24, 2.45) is 17.3 Å². The molecule has 2 aliphatic carbocycles. The van der Waals surface area contributed by atoms with Gasteiger partial charge in [0, 0.05) is 17.3 Å². The summed E-state index contributed by atoms with van der Waals surface area (Å²) in [5.41, 5.74) is 0.317. The van der Waals surface area contributed by atoms with E-state index in [0.29, 0.717) is 12.3 Å². The highest BCUT2D eigenvalue weighted by atomic mass is 16.6. The van der Waals surface area contributed by atoms with Crippen LogP contribution in [0.4, 0.5) is 0 Å². The molecular formula is C15H23NO4. The summed E-state index contributed by atoms with van der Waals surface area (Å²) < 4.78 is 5.34. The van der Waals surface area contributed by atoms with Crippen LogP contribution in [0.25, 0.3) is 0 Å². The van der Waals surface area contributed by atoms with Gasteiger partial charge in [-0.2, -0.15) is 0 Å². The number of nitro groups is 1. The molecule has 0 spiro atoms. The first kappa shape index (κ1) is 15.0. The normalized spacial score (nSPS) is 32.1. The van der Waals surface area contributed by atoms with Crippen LogP contribution in [0.15, 0.2) is 11.6 Å². The Morgan fingerprint density at radius 2 is 2.25 bits per heavy atom. The Morgan fingerprint density at radius 1 is 1.60 bits per heavy atom. The molecule has 1 saturated carbocycles. The predicted octanol–water partition coefficient (Wildman–Crippen LogP) is 2.97. The van der Waals surface area contributed by atoms with E-state index in [1.54, 1.807) is 0 Å². The number of fused-ring (bicyclic) bond motifs is 1. The molecule has 5 nitrogen and oxygen atoms in total.